The van der Waals surface area contributed by atoms with Gasteiger partial charge >= 0.3 is 0 Å². The minimum absolute atomic E-state index is 0.0763. The molecule has 1 aliphatic heterocycles. The molecule has 0 spiro atoms. The van der Waals surface area contributed by atoms with Crippen molar-refractivity contribution >= 4 is 15.7 Å². The van der Waals surface area contributed by atoms with Crippen LogP contribution in [0.25, 0.3) is 0 Å². The number of amides is 1. The van der Waals surface area contributed by atoms with E-state index in [4.69, 9.17) is 4.52 Å². The lowest BCUT2D eigenvalue weighted by Crippen LogP contribution is -2.31. The van der Waals surface area contributed by atoms with Crippen LogP contribution in [0.15, 0.2) is 34.9 Å². The number of carbonyl (C=O) groups excluding carboxylic acids is 1. The fourth-order valence-corrected chi connectivity index (χ4v) is 4.26. The molecule has 0 bridgehead atoms. The standard InChI is InChI=1S/C15H17N3O4S/c19-15(12-6-7-23(20,21)10-12)16-9-14-17-13(18-22-14)8-11-4-2-1-3-5-11/h1-5,12H,6-10H2,(H,16,19)/t12-/m1/s1. The summed E-state index contributed by atoms with van der Waals surface area (Å²) in [7, 11) is -3.07. The minimum Gasteiger partial charge on any atom is -0.347 e. The van der Waals surface area contributed by atoms with E-state index in [0.29, 0.717) is 24.6 Å². The first kappa shape index (κ1) is 15.7. The van der Waals surface area contributed by atoms with Crippen molar-refractivity contribution in [1.82, 2.24) is 15.5 Å². The third kappa shape index (κ3) is 4.16. The average Bonchev–Trinajstić information content (AvgIpc) is 3.12. The fourth-order valence-electron chi connectivity index (χ4n) is 2.52. The van der Waals surface area contributed by atoms with Gasteiger partial charge in [-0.3, -0.25) is 4.79 Å². The number of nitrogens with one attached hydrogen (secondary N) is 1. The lowest BCUT2D eigenvalue weighted by atomic mass is 10.1. The van der Waals surface area contributed by atoms with Gasteiger partial charge in [-0.15, -0.1) is 0 Å². The van der Waals surface area contributed by atoms with Gasteiger partial charge in [-0.2, -0.15) is 4.98 Å². The van der Waals surface area contributed by atoms with E-state index in [0.717, 1.165) is 5.56 Å². The molecule has 1 atom stereocenters. The molecule has 3 rings (SSSR count). The van der Waals surface area contributed by atoms with E-state index in [-0.39, 0.29) is 24.0 Å². The van der Waals surface area contributed by atoms with Crippen LogP contribution in [0.5, 0.6) is 0 Å². The van der Waals surface area contributed by atoms with Crippen LogP contribution in [0, 0.1) is 5.92 Å². The van der Waals surface area contributed by atoms with Crippen LogP contribution in [0.1, 0.15) is 23.7 Å². The molecule has 0 radical (unpaired) electrons. The first-order valence-electron chi connectivity index (χ1n) is 7.35. The van der Waals surface area contributed by atoms with E-state index in [1.165, 1.54) is 0 Å². The quantitative estimate of drug-likeness (QED) is 0.863. The molecule has 7 nitrogen and oxygen atoms in total. The van der Waals surface area contributed by atoms with Gasteiger partial charge in [0, 0.05) is 6.42 Å². The minimum atomic E-state index is -3.07. The number of benzene rings is 1. The van der Waals surface area contributed by atoms with Crippen molar-refractivity contribution in [1.29, 1.82) is 0 Å². The number of hydrogen-bond donors (Lipinski definition) is 1. The van der Waals surface area contributed by atoms with Gasteiger partial charge in [0.25, 0.3) is 0 Å². The van der Waals surface area contributed by atoms with Gasteiger partial charge < -0.3 is 9.84 Å². The van der Waals surface area contributed by atoms with Crippen LogP contribution < -0.4 is 5.32 Å². The van der Waals surface area contributed by atoms with Crippen molar-refractivity contribution in [3.8, 4) is 0 Å². The molecule has 8 heteroatoms. The Kier molecular flexibility index (Phi) is 4.42. The SMILES string of the molecule is O=C(NCc1nc(Cc2ccccc2)no1)[C@@H]1CCS(=O)(=O)C1. The van der Waals surface area contributed by atoms with E-state index >= 15 is 0 Å². The second-order valence-electron chi connectivity index (χ2n) is 5.58. The van der Waals surface area contributed by atoms with Gasteiger partial charge in [0.2, 0.25) is 11.8 Å². The molecule has 0 unspecified atom stereocenters. The van der Waals surface area contributed by atoms with Gasteiger partial charge in [-0.1, -0.05) is 35.5 Å². The van der Waals surface area contributed by atoms with E-state index in [9.17, 15) is 13.2 Å². The fraction of sp³-hybridized carbons (Fsp3) is 0.400. The summed E-state index contributed by atoms with van der Waals surface area (Å²) in [5.74, 6) is 0.0871. The van der Waals surface area contributed by atoms with Crippen LogP contribution in [-0.4, -0.2) is 36.0 Å². The van der Waals surface area contributed by atoms with Crippen LogP contribution in [0.4, 0.5) is 0 Å². The smallest absolute Gasteiger partial charge is 0.246 e. The van der Waals surface area contributed by atoms with Crippen molar-refractivity contribution in [2.75, 3.05) is 11.5 Å². The van der Waals surface area contributed by atoms with Gasteiger partial charge in [0.15, 0.2) is 15.7 Å². The molecule has 2 aromatic rings. The Hall–Kier alpha value is -2.22. The highest BCUT2D eigenvalue weighted by Crippen LogP contribution is 2.18. The summed E-state index contributed by atoms with van der Waals surface area (Å²) < 4.78 is 27.8. The summed E-state index contributed by atoms with van der Waals surface area (Å²) in [5.41, 5.74) is 1.07. The third-order valence-corrected chi connectivity index (χ3v) is 5.50. The second-order valence-corrected chi connectivity index (χ2v) is 7.81. The topological polar surface area (TPSA) is 102 Å². The number of nitrogens with zero attached hydrogens (tertiary/aromatic N) is 2. The van der Waals surface area contributed by atoms with Crippen LogP contribution in [0.2, 0.25) is 0 Å². The molecule has 0 saturated carbocycles. The summed E-state index contributed by atoms with van der Waals surface area (Å²) in [6.07, 6.45) is 0.927. The highest BCUT2D eigenvalue weighted by atomic mass is 32.2. The van der Waals surface area contributed by atoms with Gasteiger partial charge in [0.1, 0.15) is 0 Å². The maximum atomic E-state index is 11.9. The largest absolute Gasteiger partial charge is 0.347 e. The molecule has 23 heavy (non-hydrogen) atoms. The summed E-state index contributed by atoms with van der Waals surface area (Å²) in [6, 6.07) is 9.75. The highest BCUT2D eigenvalue weighted by Gasteiger charge is 2.32. The van der Waals surface area contributed by atoms with E-state index in [2.05, 4.69) is 15.5 Å². The molecule has 1 aliphatic rings. The predicted molar refractivity (Wildman–Crippen MR) is 82.2 cm³/mol. The van der Waals surface area contributed by atoms with Gasteiger partial charge in [0.05, 0.1) is 24.0 Å². The summed E-state index contributed by atoms with van der Waals surface area (Å²) >= 11 is 0. The normalized spacial score (nSPS) is 19.6. The Morgan fingerprint density at radius 2 is 2.09 bits per heavy atom. The molecule has 1 aromatic carbocycles. The Morgan fingerprint density at radius 3 is 2.78 bits per heavy atom. The van der Waals surface area contributed by atoms with Crippen molar-refractivity contribution in [2.24, 2.45) is 5.92 Å². The maximum absolute atomic E-state index is 11.9. The maximum Gasteiger partial charge on any atom is 0.246 e. The summed E-state index contributed by atoms with van der Waals surface area (Å²) in [6.45, 7) is 0.108. The van der Waals surface area contributed by atoms with Crippen molar-refractivity contribution < 1.29 is 17.7 Å². The molecule has 1 fully saturated rings. The predicted octanol–water partition coefficient (Wildman–Crippen LogP) is 0.711. The zero-order valence-corrected chi connectivity index (χ0v) is 13.3. The molecular formula is C15H17N3O4S. The van der Waals surface area contributed by atoms with Gasteiger partial charge in [-0.05, 0) is 12.0 Å². The highest BCUT2D eigenvalue weighted by molar-refractivity contribution is 7.91. The van der Waals surface area contributed by atoms with Crippen molar-refractivity contribution in [3.63, 3.8) is 0 Å². The van der Waals surface area contributed by atoms with Crippen LogP contribution in [-0.2, 0) is 27.6 Å². The Morgan fingerprint density at radius 1 is 1.30 bits per heavy atom. The molecule has 1 aromatic heterocycles. The molecular weight excluding hydrogens is 318 g/mol. The number of rotatable bonds is 5. The number of hydrogen-bond acceptors (Lipinski definition) is 6. The Labute approximate surface area is 134 Å². The molecule has 2 heterocycles. The zero-order chi connectivity index (χ0) is 16.3. The third-order valence-electron chi connectivity index (χ3n) is 3.73. The first-order valence-corrected chi connectivity index (χ1v) is 9.17. The van der Waals surface area contributed by atoms with E-state index in [1.54, 1.807) is 0 Å². The molecule has 0 aliphatic carbocycles. The molecule has 1 N–H and O–H groups in total. The number of carbonyl (C=O) groups is 1. The van der Waals surface area contributed by atoms with E-state index < -0.39 is 15.8 Å². The Balaban J connectivity index is 1.52. The van der Waals surface area contributed by atoms with Crippen molar-refractivity contribution in [3.05, 3.63) is 47.6 Å². The lowest BCUT2D eigenvalue weighted by Gasteiger charge is -2.06. The van der Waals surface area contributed by atoms with Crippen LogP contribution in [0.3, 0.4) is 0 Å². The number of sulfone groups is 1. The van der Waals surface area contributed by atoms with E-state index in [1.807, 2.05) is 30.3 Å². The zero-order valence-electron chi connectivity index (χ0n) is 12.4. The second kappa shape index (κ2) is 6.49. The van der Waals surface area contributed by atoms with Gasteiger partial charge in [-0.25, -0.2) is 8.42 Å². The summed E-state index contributed by atoms with van der Waals surface area (Å²) in [5, 5.41) is 6.53. The monoisotopic (exact) mass is 335 g/mol. The van der Waals surface area contributed by atoms with Crippen molar-refractivity contribution in [2.45, 2.75) is 19.4 Å². The molecule has 1 saturated heterocycles. The van der Waals surface area contributed by atoms with Crippen LogP contribution >= 0.6 is 0 Å². The lowest BCUT2D eigenvalue weighted by molar-refractivity contribution is -0.124. The molecule has 122 valence electrons. The number of aromatic nitrogens is 2. The average molecular weight is 335 g/mol. The molecule has 1 amide bonds. The Bertz CT molecular complexity index is 786. The first-order chi connectivity index (χ1) is 11.0. The summed E-state index contributed by atoms with van der Waals surface area (Å²) in [4.78, 5) is 16.2.